The zero-order valence-electron chi connectivity index (χ0n) is 17.0. The Bertz CT molecular complexity index is 783. The zero-order chi connectivity index (χ0) is 20.7. The average molecular weight is 383 g/mol. The minimum absolute atomic E-state index is 0.0288. The summed E-state index contributed by atoms with van der Waals surface area (Å²) < 4.78 is 5.17. The van der Waals surface area contributed by atoms with Gasteiger partial charge in [0.05, 0.1) is 19.1 Å². The Balaban J connectivity index is 2.24. The van der Waals surface area contributed by atoms with Crippen LogP contribution in [0.2, 0.25) is 0 Å². The molecule has 0 heterocycles. The van der Waals surface area contributed by atoms with Crippen LogP contribution in [-0.4, -0.2) is 31.0 Å². The van der Waals surface area contributed by atoms with Crippen LogP contribution in [0.3, 0.4) is 0 Å². The first kappa shape index (κ1) is 21.6. The van der Waals surface area contributed by atoms with Crippen LogP contribution >= 0.6 is 0 Å². The molecule has 5 nitrogen and oxygen atoms in total. The van der Waals surface area contributed by atoms with E-state index in [-0.39, 0.29) is 11.7 Å². The number of Topliss-reactive ketones (excluding diaryl/α,β-unsaturated/α-hetero) is 1. The number of ketones is 1. The predicted octanol–water partition coefficient (Wildman–Crippen LogP) is 4.40. The van der Waals surface area contributed by atoms with Crippen molar-refractivity contribution in [1.29, 1.82) is 0 Å². The van der Waals surface area contributed by atoms with Gasteiger partial charge in [-0.15, -0.1) is 0 Å². The minimum Gasteiger partial charge on any atom is -0.497 e. The van der Waals surface area contributed by atoms with E-state index in [1.54, 1.807) is 55.5 Å². The van der Waals surface area contributed by atoms with Crippen molar-refractivity contribution < 1.29 is 19.4 Å². The predicted molar refractivity (Wildman–Crippen MR) is 111 cm³/mol. The molecule has 1 amide bonds. The summed E-state index contributed by atoms with van der Waals surface area (Å²) in [5, 5.41) is 10.9. The number of unbranched alkanes of at least 4 members (excludes halogenated alkanes) is 1. The molecule has 0 aliphatic rings. The Morgan fingerprint density at radius 2 is 1.68 bits per heavy atom. The molecular formula is C23H29NO4. The van der Waals surface area contributed by atoms with Gasteiger partial charge in [-0.3, -0.25) is 9.59 Å². The molecule has 0 aliphatic heterocycles. The normalized spacial score (nSPS) is 12.9. The van der Waals surface area contributed by atoms with Crippen molar-refractivity contribution >= 4 is 17.4 Å². The molecule has 0 saturated carbocycles. The lowest BCUT2D eigenvalue weighted by atomic mass is 9.89. The summed E-state index contributed by atoms with van der Waals surface area (Å²) in [6, 6.07) is 14.1. The van der Waals surface area contributed by atoms with Gasteiger partial charge in [0, 0.05) is 18.3 Å². The molecule has 0 radical (unpaired) electrons. The Morgan fingerprint density at radius 3 is 2.18 bits per heavy atom. The highest BCUT2D eigenvalue weighted by Crippen LogP contribution is 2.30. The van der Waals surface area contributed by atoms with Gasteiger partial charge in [-0.2, -0.15) is 0 Å². The maximum Gasteiger partial charge on any atom is 0.232 e. The molecule has 0 bridgehead atoms. The third-order valence-corrected chi connectivity index (χ3v) is 5.02. The molecule has 0 unspecified atom stereocenters. The van der Waals surface area contributed by atoms with Crippen LogP contribution in [0.5, 0.6) is 5.75 Å². The van der Waals surface area contributed by atoms with Crippen LogP contribution in [0.25, 0.3) is 0 Å². The van der Waals surface area contributed by atoms with Crippen LogP contribution in [0.1, 0.15) is 55.1 Å². The van der Waals surface area contributed by atoms with E-state index in [1.165, 1.54) is 6.92 Å². The molecule has 0 saturated heterocycles. The molecule has 2 aromatic rings. The number of methoxy groups -OCH3 is 1. The summed E-state index contributed by atoms with van der Waals surface area (Å²) in [6.07, 6.45) is 1.44. The van der Waals surface area contributed by atoms with Crippen molar-refractivity contribution in [2.45, 2.75) is 39.2 Å². The minimum atomic E-state index is -0.930. The largest absolute Gasteiger partial charge is 0.497 e. The van der Waals surface area contributed by atoms with Gasteiger partial charge in [0.2, 0.25) is 5.91 Å². The lowest BCUT2D eigenvalue weighted by Crippen LogP contribution is -2.36. The highest BCUT2D eigenvalue weighted by molar-refractivity contribution is 5.95. The van der Waals surface area contributed by atoms with Crippen LogP contribution in [0, 0.1) is 5.92 Å². The lowest BCUT2D eigenvalue weighted by Gasteiger charge is -2.28. The van der Waals surface area contributed by atoms with Crippen LogP contribution < -0.4 is 9.64 Å². The second-order valence-corrected chi connectivity index (χ2v) is 6.97. The molecular weight excluding hydrogens is 354 g/mol. The standard InChI is InChI=1S/C23H29NO4/c1-5-6-7-21(22(26)18-10-8-17(9-11-18)16(2)25)23(27)24(3)19-12-14-20(28-4)15-13-19/h8-15,21-22,26H,5-7H2,1-4H3/t21-,22-/m1/s1. The molecule has 28 heavy (non-hydrogen) atoms. The first-order valence-electron chi connectivity index (χ1n) is 9.59. The molecule has 150 valence electrons. The third kappa shape index (κ3) is 5.20. The number of ether oxygens (including phenoxy) is 1. The van der Waals surface area contributed by atoms with Crippen molar-refractivity contribution in [1.82, 2.24) is 0 Å². The second-order valence-electron chi connectivity index (χ2n) is 6.97. The van der Waals surface area contributed by atoms with E-state index in [4.69, 9.17) is 4.74 Å². The molecule has 2 aromatic carbocycles. The highest BCUT2D eigenvalue weighted by atomic mass is 16.5. The molecule has 0 spiro atoms. The summed E-state index contributed by atoms with van der Waals surface area (Å²) >= 11 is 0. The van der Waals surface area contributed by atoms with Crippen molar-refractivity contribution in [3.05, 3.63) is 59.7 Å². The SMILES string of the molecule is CCCC[C@@H](C(=O)N(C)c1ccc(OC)cc1)[C@H](O)c1ccc(C(C)=O)cc1. The number of aliphatic hydroxyl groups excluding tert-OH is 1. The van der Waals surface area contributed by atoms with Crippen molar-refractivity contribution in [2.24, 2.45) is 5.92 Å². The molecule has 0 fully saturated rings. The Morgan fingerprint density at radius 1 is 1.07 bits per heavy atom. The monoisotopic (exact) mass is 383 g/mol. The van der Waals surface area contributed by atoms with Crippen LogP contribution in [0.4, 0.5) is 5.69 Å². The topological polar surface area (TPSA) is 66.8 Å². The lowest BCUT2D eigenvalue weighted by molar-refractivity contribution is -0.126. The van der Waals surface area contributed by atoms with Gasteiger partial charge in [-0.1, -0.05) is 44.0 Å². The van der Waals surface area contributed by atoms with Gasteiger partial charge in [0.15, 0.2) is 5.78 Å². The smallest absolute Gasteiger partial charge is 0.232 e. The third-order valence-electron chi connectivity index (χ3n) is 5.02. The van der Waals surface area contributed by atoms with Crippen molar-refractivity contribution in [3.8, 4) is 5.75 Å². The van der Waals surface area contributed by atoms with E-state index >= 15 is 0 Å². The molecule has 0 aliphatic carbocycles. The Hall–Kier alpha value is -2.66. The number of rotatable bonds is 9. The molecule has 2 atom stereocenters. The average Bonchev–Trinajstić information content (AvgIpc) is 2.73. The van der Waals surface area contributed by atoms with E-state index in [9.17, 15) is 14.7 Å². The number of hydrogen-bond donors (Lipinski definition) is 1. The van der Waals surface area contributed by atoms with E-state index in [0.29, 0.717) is 17.5 Å². The number of nitrogens with zero attached hydrogens (tertiary/aromatic N) is 1. The van der Waals surface area contributed by atoms with E-state index in [0.717, 1.165) is 24.3 Å². The van der Waals surface area contributed by atoms with E-state index in [1.807, 2.05) is 12.1 Å². The van der Waals surface area contributed by atoms with Gasteiger partial charge in [-0.25, -0.2) is 0 Å². The fourth-order valence-electron chi connectivity index (χ4n) is 3.17. The van der Waals surface area contributed by atoms with Crippen LogP contribution in [0.15, 0.2) is 48.5 Å². The fraction of sp³-hybridized carbons (Fsp3) is 0.391. The van der Waals surface area contributed by atoms with Crippen LogP contribution in [-0.2, 0) is 4.79 Å². The Labute approximate surface area is 166 Å². The molecule has 1 N–H and O–H groups in total. The number of anilines is 1. The van der Waals surface area contributed by atoms with Crippen molar-refractivity contribution in [2.75, 3.05) is 19.1 Å². The molecule has 5 heteroatoms. The quantitative estimate of drug-likeness (QED) is 0.652. The Kier molecular flexibility index (Phi) is 7.76. The molecule has 0 aromatic heterocycles. The summed E-state index contributed by atoms with van der Waals surface area (Å²) in [6.45, 7) is 3.56. The highest BCUT2D eigenvalue weighted by Gasteiger charge is 2.30. The van der Waals surface area contributed by atoms with Crippen molar-refractivity contribution in [3.63, 3.8) is 0 Å². The number of aliphatic hydroxyl groups is 1. The second kappa shape index (κ2) is 10.0. The summed E-state index contributed by atoms with van der Waals surface area (Å²) in [7, 11) is 3.31. The van der Waals surface area contributed by atoms with E-state index < -0.39 is 12.0 Å². The number of carbonyl (C=O) groups is 2. The zero-order valence-corrected chi connectivity index (χ0v) is 17.0. The van der Waals surface area contributed by atoms with E-state index in [2.05, 4.69) is 6.92 Å². The summed E-state index contributed by atoms with van der Waals surface area (Å²) in [4.78, 5) is 26.2. The summed E-state index contributed by atoms with van der Waals surface area (Å²) in [5.41, 5.74) is 1.97. The fourth-order valence-corrected chi connectivity index (χ4v) is 3.17. The van der Waals surface area contributed by atoms with Gasteiger partial charge < -0.3 is 14.7 Å². The van der Waals surface area contributed by atoms with Gasteiger partial charge >= 0.3 is 0 Å². The number of amides is 1. The first-order valence-corrected chi connectivity index (χ1v) is 9.59. The number of hydrogen-bond acceptors (Lipinski definition) is 4. The molecule has 2 rings (SSSR count). The number of carbonyl (C=O) groups excluding carboxylic acids is 2. The maximum absolute atomic E-state index is 13.2. The summed E-state index contributed by atoms with van der Waals surface area (Å²) in [5.74, 6) is -0.00592. The first-order chi connectivity index (χ1) is 13.4. The number of benzene rings is 2. The van der Waals surface area contributed by atoms with Gasteiger partial charge in [0.1, 0.15) is 5.75 Å². The maximum atomic E-state index is 13.2. The van der Waals surface area contributed by atoms with Gasteiger partial charge in [0.25, 0.3) is 0 Å². The van der Waals surface area contributed by atoms with Gasteiger partial charge in [-0.05, 0) is 43.2 Å².